The summed E-state index contributed by atoms with van der Waals surface area (Å²) in [6, 6.07) is 7.13. The Bertz CT molecular complexity index is 614. The zero-order valence-corrected chi connectivity index (χ0v) is 15.3. The van der Waals surface area contributed by atoms with E-state index in [0.717, 1.165) is 36.3 Å². The Hall–Kier alpha value is -1.88. The average molecular weight is 343 g/mol. The largest absolute Gasteiger partial charge is 0.326 e. The van der Waals surface area contributed by atoms with E-state index in [-0.39, 0.29) is 17.9 Å². The van der Waals surface area contributed by atoms with Crippen molar-refractivity contribution in [3.05, 3.63) is 24.3 Å². The quantitative estimate of drug-likeness (QED) is 0.880. The molecule has 1 saturated heterocycles. The van der Waals surface area contributed by atoms with Gasteiger partial charge >= 0.3 is 0 Å². The Labute approximate surface area is 150 Å². The molecule has 2 fully saturated rings. The molecule has 0 radical (unpaired) electrons. The van der Waals surface area contributed by atoms with Gasteiger partial charge in [-0.1, -0.05) is 19.3 Å². The molecular formula is C20H29N3O2. The Balaban J connectivity index is 1.54. The molecule has 136 valence electrons. The lowest BCUT2D eigenvalue weighted by atomic mass is 9.75. The molecule has 1 saturated carbocycles. The highest BCUT2D eigenvalue weighted by Gasteiger charge is 2.34. The first-order valence-corrected chi connectivity index (χ1v) is 9.45. The number of piperidine rings is 1. The number of carbonyl (C=O) groups is 2. The molecule has 2 aliphatic rings. The summed E-state index contributed by atoms with van der Waals surface area (Å²) in [6.45, 7) is 5.56. The van der Waals surface area contributed by atoms with Gasteiger partial charge in [-0.15, -0.1) is 0 Å². The first-order valence-electron chi connectivity index (χ1n) is 9.45. The molecule has 1 aromatic rings. The lowest BCUT2D eigenvalue weighted by Gasteiger charge is -2.43. The standard InChI is InChI=1S/C20H29N3O2/c1-14(23-12-11-16-5-3-4-6-17(16)13-23)20(25)22-19-9-7-18(8-10-19)21-15(2)24/h7-10,14,16-17H,3-6,11-13H2,1-2H3,(H,21,24)(H,22,25)/t14-,16+,17-/m0/s1. The maximum absolute atomic E-state index is 12.6. The zero-order valence-electron chi connectivity index (χ0n) is 15.3. The highest BCUT2D eigenvalue weighted by Crippen LogP contribution is 2.36. The minimum absolute atomic E-state index is 0.0431. The molecule has 1 aliphatic heterocycles. The molecule has 3 atom stereocenters. The van der Waals surface area contributed by atoms with Crippen molar-refractivity contribution in [1.29, 1.82) is 0 Å². The second-order valence-electron chi connectivity index (χ2n) is 7.51. The van der Waals surface area contributed by atoms with E-state index < -0.39 is 0 Å². The third-order valence-corrected chi connectivity index (χ3v) is 5.72. The van der Waals surface area contributed by atoms with E-state index >= 15 is 0 Å². The summed E-state index contributed by atoms with van der Waals surface area (Å²) < 4.78 is 0. The topological polar surface area (TPSA) is 61.4 Å². The van der Waals surface area contributed by atoms with Gasteiger partial charge in [0.2, 0.25) is 11.8 Å². The molecule has 0 unspecified atom stereocenters. The molecule has 25 heavy (non-hydrogen) atoms. The van der Waals surface area contributed by atoms with Gasteiger partial charge in [-0.25, -0.2) is 0 Å². The maximum Gasteiger partial charge on any atom is 0.241 e. The Morgan fingerprint density at radius 2 is 1.60 bits per heavy atom. The van der Waals surface area contributed by atoms with Gasteiger partial charge in [0.05, 0.1) is 6.04 Å². The van der Waals surface area contributed by atoms with E-state index in [2.05, 4.69) is 15.5 Å². The monoisotopic (exact) mass is 343 g/mol. The first kappa shape index (κ1) is 17.9. The summed E-state index contributed by atoms with van der Waals surface area (Å²) in [6.07, 6.45) is 6.65. The third kappa shape index (κ3) is 4.60. The van der Waals surface area contributed by atoms with Gasteiger partial charge in [0.1, 0.15) is 0 Å². The number of amides is 2. The fourth-order valence-electron chi connectivity index (χ4n) is 4.23. The Kier molecular flexibility index (Phi) is 5.74. The molecule has 2 amide bonds. The fraction of sp³-hybridized carbons (Fsp3) is 0.600. The van der Waals surface area contributed by atoms with Gasteiger partial charge in [-0.3, -0.25) is 14.5 Å². The number of benzene rings is 1. The van der Waals surface area contributed by atoms with Gasteiger partial charge in [0.25, 0.3) is 0 Å². The molecule has 1 aliphatic carbocycles. The molecule has 1 aromatic carbocycles. The number of likely N-dealkylation sites (tertiary alicyclic amines) is 1. The Morgan fingerprint density at radius 1 is 1.00 bits per heavy atom. The van der Waals surface area contributed by atoms with Crippen LogP contribution in [0.5, 0.6) is 0 Å². The van der Waals surface area contributed by atoms with Crippen LogP contribution in [0.2, 0.25) is 0 Å². The molecule has 0 bridgehead atoms. The van der Waals surface area contributed by atoms with Crippen LogP contribution in [0.15, 0.2) is 24.3 Å². The van der Waals surface area contributed by atoms with E-state index in [9.17, 15) is 9.59 Å². The highest BCUT2D eigenvalue weighted by molar-refractivity contribution is 5.95. The van der Waals surface area contributed by atoms with E-state index in [0.29, 0.717) is 0 Å². The van der Waals surface area contributed by atoms with Gasteiger partial charge in [-0.2, -0.15) is 0 Å². The summed E-state index contributed by atoms with van der Waals surface area (Å²) in [7, 11) is 0. The predicted molar refractivity (Wildman–Crippen MR) is 100 cm³/mol. The van der Waals surface area contributed by atoms with Crippen LogP contribution < -0.4 is 10.6 Å². The van der Waals surface area contributed by atoms with Crippen LogP contribution in [0, 0.1) is 11.8 Å². The number of nitrogens with zero attached hydrogens (tertiary/aromatic N) is 1. The number of carbonyl (C=O) groups excluding carboxylic acids is 2. The smallest absolute Gasteiger partial charge is 0.241 e. The molecule has 3 rings (SSSR count). The fourth-order valence-corrected chi connectivity index (χ4v) is 4.23. The molecule has 5 heteroatoms. The van der Waals surface area contributed by atoms with Gasteiger partial charge < -0.3 is 10.6 Å². The SMILES string of the molecule is CC(=O)Nc1ccc(NC(=O)[C@H](C)N2CC[C@H]3CCCC[C@H]3C2)cc1. The predicted octanol–water partition coefficient (Wildman–Crippen LogP) is 3.48. The normalized spacial score (nSPS) is 24.9. The average Bonchev–Trinajstić information content (AvgIpc) is 2.62. The van der Waals surface area contributed by atoms with E-state index in [1.165, 1.54) is 39.0 Å². The molecule has 0 spiro atoms. The number of fused-ring (bicyclic) bond motifs is 1. The second kappa shape index (κ2) is 8.00. The van der Waals surface area contributed by atoms with E-state index in [4.69, 9.17) is 0 Å². The summed E-state index contributed by atoms with van der Waals surface area (Å²) in [5.41, 5.74) is 1.50. The third-order valence-electron chi connectivity index (χ3n) is 5.72. The number of anilines is 2. The lowest BCUT2D eigenvalue weighted by Crippen LogP contribution is -2.49. The zero-order chi connectivity index (χ0) is 17.8. The van der Waals surface area contributed by atoms with Crippen molar-refractivity contribution in [3.63, 3.8) is 0 Å². The number of nitrogens with one attached hydrogen (secondary N) is 2. The summed E-state index contributed by atoms with van der Waals surface area (Å²) in [4.78, 5) is 26.0. The maximum atomic E-state index is 12.6. The molecule has 0 aromatic heterocycles. The van der Waals surface area contributed by atoms with E-state index in [1.54, 1.807) is 12.1 Å². The van der Waals surface area contributed by atoms with Crippen LogP contribution >= 0.6 is 0 Å². The van der Waals surface area contributed by atoms with Gasteiger partial charge in [0, 0.05) is 24.8 Å². The van der Waals surface area contributed by atoms with Crippen LogP contribution in [-0.2, 0) is 9.59 Å². The van der Waals surface area contributed by atoms with Crippen molar-refractivity contribution in [2.75, 3.05) is 23.7 Å². The minimum Gasteiger partial charge on any atom is -0.326 e. The molecular weight excluding hydrogens is 314 g/mol. The summed E-state index contributed by atoms with van der Waals surface area (Å²) in [5, 5.41) is 5.72. The van der Waals surface area contributed by atoms with Gasteiger partial charge in [0.15, 0.2) is 0 Å². The van der Waals surface area contributed by atoms with Crippen molar-refractivity contribution >= 4 is 23.2 Å². The van der Waals surface area contributed by atoms with Crippen LogP contribution in [0.3, 0.4) is 0 Å². The number of rotatable bonds is 4. The lowest BCUT2D eigenvalue weighted by molar-refractivity contribution is -0.122. The van der Waals surface area contributed by atoms with Crippen molar-refractivity contribution in [3.8, 4) is 0 Å². The van der Waals surface area contributed by atoms with Crippen LogP contribution in [0.4, 0.5) is 11.4 Å². The minimum atomic E-state index is -0.113. The second-order valence-corrected chi connectivity index (χ2v) is 7.51. The highest BCUT2D eigenvalue weighted by atomic mass is 16.2. The van der Waals surface area contributed by atoms with Crippen LogP contribution in [-0.4, -0.2) is 35.8 Å². The first-order chi connectivity index (χ1) is 12.0. The van der Waals surface area contributed by atoms with Crippen molar-refractivity contribution in [1.82, 2.24) is 4.90 Å². The summed E-state index contributed by atoms with van der Waals surface area (Å²) in [5.74, 6) is 1.59. The molecule has 1 heterocycles. The molecule has 5 nitrogen and oxygen atoms in total. The van der Waals surface area contributed by atoms with Crippen molar-refractivity contribution < 1.29 is 9.59 Å². The Morgan fingerprint density at radius 3 is 2.24 bits per heavy atom. The van der Waals surface area contributed by atoms with Crippen molar-refractivity contribution in [2.45, 2.75) is 52.0 Å². The van der Waals surface area contributed by atoms with Crippen molar-refractivity contribution in [2.24, 2.45) is 11.8 Å². The molecule has 2 N–H and O–H groups in total. The van der Waals surface area contributed by atoms with Gasteiger partial charge in [-0.05, 0) is 62.4 Å². The number of hydrogen-bond acceptors (Lipinski definition) is 3. The van der Waals surface area contributed by atoms with E-state index in [1.807, 2.05) is 19.1 Å². The van der Waals surface area contributed by atoms with Crippen LogP contribution in [0.1, 0.15) is 46.0 Å². The van der Waals surface area contributed by atoms with Crippen LogP contribution in [0.25, 0.3) is 0 Å². The number of hydrogen-bond donors (Lipinski definition) is 2. The summed E-state index contributed by atoms with van der Waals surface area (Å²) >= 11 is 0.